The Hall–Kier alpha value is -3.86. The number of carbonyl (C=O) groups excluding carboxylic acids is 1. The molecule has 4 aromatic rings. The van der Waals surface area contributed by atoms with Crippen LogP contribution < -0.4 is 5.32 Å². The van der Waals surface area contributed by atoms with Gasteiger partial charge in [0.05, 0.1) is 0 Å². The predicted molar refractivity (Wildman–Crippen MR) is 127 cm³/mol. The van der Waals surface area contributed by atoms with Gasteiger partial charge in [0.25, 0.3) is 0 Å². The molecule has 0 radical (unpaired) electrons. The van der Waals surface area contributed by atoms with E-state index in [-0.39, 0.29) is 29.2 Å². The van der Waals surface area contributed by atoms with E-state index in [0.717, 1.165) is 38.3 Å². The minimum absolute atomic E-state index is 0.00962. The number of benzene rings is 2. The van der Waals surface area contributed by atoms with E-state index in [9.17, 15) is 27.9 Å². The number of carboxylic acids is 1. The summed E-state index contributed by atoms with van der Waals surface area (Å²) in [6.45, 7) is 0.00962. The maximum atomic E-state index is 13.3. The molecule has 2 aromatic carbocycles. The number of rotatable bonds is 6. The minimum Gasteiger partial charge on any atom is -0.480 e. The largest absolute Gasteiger partial charge is 0.480 e. The summed E-state index contributed by atoms with van der Waals surface area (Å²) in [6.07, 6.45) is -5.75. The van der Waals surface area contributed by atoms with Crippen LogP contribution >= 0.6 is 11.3 Å². The quantitative estimate of drug-likeness (QED) is 0.369. The molecule has 186 valence electrons. The molecule has 1 aliphatic carbocycles. The molecule has 5 rings (SSSR count). The molecule has 11 heteroatoms. The summed E-state index contributed by atoms with van der Waals surface area (Å²) in [4.78, 5) is 25.0. The normalized spacial score (nSPS) is 13.9. The first-order chi connectivity index (χ1) is 17.1. The Labute approximate surface area is 207 Å². The molecule has 1 amide bonds. The summed E-state index contributed by atoms with van der Waals surface area (Å²) in [6, 6.07) is 15.5. The van der Waals surface area contributed by atoms with Gasteiger partial charge < -0.3 is 15.2 Å². The highest BCUT2D eigenvalue weighted by molar-refractivity contribution is 7.18. The van der Waals surface area contributed by atoms with Gasteiger partial charge in [0, 0.05) is 29.6 Å². The van der Waals surface area contributed by atoms with Crippen LogP contribution in [0.3, 0.4) is 0 Å². The van der Waals surface area contributed by atoms with Crippen molar-refractivity contribution in [2.45, 2.75) is 24.6 Å². The highest BCUT2D eigenvalue weighted by atomic mass is 32.1. The zero-order chi connectivity index (χ0) is 25.6. The average molecular weight is 516 g/mol. The van der Waals surface area contributed by atoms with Gasteiger partial charge >= 0.3 is 18.2 Å². The van der Waals surface area contributed by atoms with Crippen molar-refractivity contribution >= 4 is 33.6 Å². The Morgan fingerprint density at radius 2 is 1.75 bits per heavy atom. The van der Waals surface area contributed by atoms with Crippen LogP contribution in [0.15, 0.2) is 54.6 Å². The molecule has 0 saturated carbocycles. The van der Waals surface area contributed by atoms with Crippen LogP contribution in [-0.4, -0.2) is 39.6 Å². The fourth-order valence-corrected chi connectivity index (χ4v) is 5.70. The zero-order valence-electron chi connectivity index (χ0n) is 18.9. The second kappa shape index (κ2) is 8.98. The molecule has 0 spiro atoms. The SMILES string of the molecule is Cn1nc(C(F)(F)F)c2cc(CC(NC(=O)OCC3c4ccccc4-c4ccccc43)C(=O)O)sc21. The molecular weight excluding hydrogens is 495 g/mol. The molecule has 1 aliphatic rings. The Balaban J connectivity index is 1.29. The Morgan fingerprint density at radius 3 is 2.33 bits per heavy atom. The predicted octanol–water partition coefficient (Wildman–Crippen LogP) is 5.19. The number of hydrogen-bond acceptors (Lipinski definition) is 5. The summed E-state index contributed by atoms with van der Waals surface area (Å²) in [7, 11) is 1.39. The van der Waals surface area contributed by atoms with Gasteiger partial charge in [0.1, 0.15) is 17.5 Å². The Bertz CT molecular complexity index is 1430. The smallest absolute Gasteiger partial charge is 0.435 e. The van der Waals surface area contributed by atoms with E-state index in [4.69, 9.17) is 4.74 Å². The lowest BCUT2D eigenvalue weighted by atomic mass is 9.98. The number of halogens is 3. The first-order valence-electron chi connectivity index (χ1n) is 11.0. The summed E-state index contributed by atoms with van der Waals surface area (Å²) < 4.78 is 46.3. The van der Waals surface area contributed by atoms with Gasteiger partial charge in [-0.25, -0.2) is 9.59 Å². The van der Waals surface area contributed by atoms with Crippen LogP contribution in [0.2, 0.25) is 0 Å². The molecular formula is C25H20F3N3O4S. The van der Waals surface area contributed by atoms with Crippen molar-refractivity contribution in [1.29, 1.82) is 0 Å². The second-order valence-electron chi connectivity index (χ2n) is 8.47. The number of alkyl carbamates (subject to hydrolysis) is 1. The zero-order valence-corrected chi connectivity index (χ0v) is 19.7. The van der Waals surface area contributed by atoms with Crippen LogP contribution in [0.5, 0.6) is 0 Å². The van der Waals surface area contributed by atoms with Crippen molar-refractivity contribution < 1.29 is 32.6 Å². The number of amides is 1. The minimum atomic E-state index is -4.64. The lowest BCUT2D eigenvalue weighted by Crippen LogP contribution is -2.42. The van der Waals surface area contributed by atoms with E-state index in [1.807, 2.05) is 48.5 Å². The van der Waals surface area contributed by atoms with E-state index in [0.29, 0.717) is 4.88 Å². The van der Waals surface area contributed by atoms with Crippen LogP contribution in [0.25, 0.3) is 21.3 Å². The maximum Gasteiger partial charge on any atom is 0.435 e. The Kier molecular flexibility index (Phi) is 5.95. The molecule has 0 saturated heterocycles. The van der Waals surface area contributed by atoms with Gasteiger partial charge in [-0.2, -0.15) is 18.3 Å². The monoisotopic (exact) mass is 515 g/mol. The number of aromatic nitrogens is 2. The molecule has 36 heavy (non-hydrogen) atoms. The molecule has 0 fully saturated rings. The van der Waals surface area contributed by atoms with Crippen LogP contribution in [-0.2, 0) is 29.2 Å². The number of nitrogens with zero attached hydrogens (tertiary/aromatic N) is 2. The highest BCUT2D eigenvalue weighted by Gasteiger charge is 2.37. The van der Waals surface area contributed by atoms with E-state index in [1.54, 1.807) is 0 Å². The second-order valence-corrected chi connectivity index (χ2v) is 9.58. The number of carbonyl (C=O) groups is 2. The summed E-state index contributed by atoms with van der Waals surface area (Å²) in [5.41, 5.74) is 3.12. The first-order valence-corrected chi connectivity index (χ1v) is 11.8. The van der Waals surface area contributed by atoms with Crippen molar-refractivity contribution in [1.82, 2.24) is 15.1 Å². The number of alkyl halides is 3. The van der Waals surface area contributed by atoms with Gasteiger partial charge in [-0.1, -0.05) is 48.5 Å². The molecule has 1 unspecified atom stereocenters. The molecule has 0 bridgehead atoms. The van der Waals surface area contributed by atoms with Crippen molar-refractivity contribution in [3.05, 3.63) is 76.3 Å². The topological polar surface area (TPSA) is 93.5 Å². The molecule has 2 aromatic heterocycles. The first kappa shape index (κ1) is 23.9. The van der Waals surface area contributed by atoms with Gasteiger partial charge in [-0.05, 0) is 28.3 Å². The molecule has 7 nitrogen and oxygen atoms in total. The van der Waals surface area contributed by atoms with E-state index in [2.05, 4.69) is 10.4 Å². The van der Waals surface area contributed by atoms with Gasteiger partial charge in [-0.15, -0.1) is 11.3 Å². The molecule has 2 heterocycles. The third kappa shape index (κ3) is 4.30. The molecule has 2 N–H and O–H groups in total. The van der Waals surface area contributed by atoms with E-state index >= 15 is 0 Å². The number of fused-ring (bicyclic) bond motifs is 4. The Morgan fingerprint density at radius 1 is 1.14 bits per heavy atom. The van der Waals surface area contributed by atoms with Gasteiger partial charge in [0.2, 0.25) is 0 Å². The van der Waals surface area contributed by atoms with Gasteiger partial charge in [-0.3, -0.25) is 4.68 Å². The number of ether oxygens (including phenoxy) is 1. The van der Waals surface area contributed by atoms with Crippen molar-refractivity contribution in [3.63, 3.8) is 0 Å². The van der Waals surface area contributed by atoms with Crippen LogP contribution in [0.4, 0.5) is 18.0 Å². The van der Waals surface area contributed by atoms with E-state index in [1.165, 1.54) is 13.1 Å². The number of thiophene rings is 1. The van der Waals surface area contributed by atoms with E-state index < -0.39 is 30.0 Å². The lowest BCUT2D eigenvalue weighted by molar-refractivity contribution is -0.140. The number of carboxylic acid groups (broad SMARTS) is 1. The van der Waals surface area contributed by atoms with Crippen molar-refractivity contribution in [2.75, 3.05) is 6.61 Å². The van der Waals surface area contributed by atoms with Gasteiger partial charge in [0.15, 0.2) is 5.69 Å². The lowest BCUT2D eigenvalue weighted by Gasteiger charge is -2.17. The van der Waals surface area contributed by atoms with Crippen LogP contribution in [0, 0.1) is 0 Å². The molecule has 1 atom stereocenters. The third-order valence-electron chi connectivity index (χ3n) is 6.17. The van der Waals surface area contributed by atoms with Crippen molar-refractivity contribution in [3.8, 4) is 11.1 Å². The summed E-state index contributed by atoms with van der Waals surface area (Å²) >= 11 is 0.997. The van der Waals surface area contributed by atoms with Crippen molar-refractivity contribution in [2.24, 2.45) is 7.05 Å². The average Bonchev–Trinajstić information content (AvgIpc) is 3.48. The summed E-state index contributed by atoms with van der Waals surface area (Å²) in [5, 5.41) is 15.4. The third-order valence-corrected chi connectivity index (χ3v) is 7.39. The number of hydrogen-bond donors (Lipinski definition) is 2. The van der Waals surface area contributed by atoms with Crippen LogP contribution in [0.1, 0.15) is 27.6 Å². The fourth-order valence-electron chi connectivity index (χ4n) is 4.58. The summed E-state index contributed by atoms with van der Waals surface area (Å²) in [5.74, 6) is -1.52. The molecule has 0 aliphatic heterocycles. The number of aryl methyl sites for hydroxylation is 1. The highest BCUT2D eigenvalue weighted by Crippen LogP contribution is 2.44. The number of nitrogens with one attached hydrogen (secondary N) is 1. The standard InChI is InChI=1S/C25H20F3N3O4S/c1-31-22-18(21(30-31)25(26,27)28)10-13(36-22)11-20(23(32)33)29-24(34)35-12-19-16-8-4-2-6-14(16)15-7-3-5-9-17(15)19/h2-10,19-20H,11-12H2,1H3,(H,29,34)(H,32,33). The maximum absolute atomic E-state index is 13.3. The fraction of sp³-hybridized carbons (Fsp3) is 0.240. The number of aliphatic carboxylic acids is 1.